The van der Waals surface area contributed by atoms with E-state index in [1.165, 1.54) is 6.07 Å². The van der Waals surface area contributed by atoms with Crippen molar-refractivity contribution >= 4 is 5.91 Å². The van der Waals surface area contributed by atoms with E-state index in [2.05, 4.69) is 5.32 Å². The highest BCUT2D eigenvalue weighted by molar-refractivity contribution is 5.94. The van der Waals surface area contributed by atoms with Crippen LogP contribution in [0.25, 0.3) is 0 Å². The van der Waals surface area contributed by atoms with Gasteiger partial charge < -0.3 is 10.4 Å². The molecule has 1 amide bonds. The Morgan fingerprint density at radius 1 is 1.24 bits per heavy atom. The van der Waals surface area contributed by atoms with Crippen molar-refractivity contribution in [1.29, 1.82) is 0 Å². The van der Waals surface area contributed by atoms with Crippen LogP contribution in [0.1, 0.15) is 34.0 Å². The fourth-order valence-electron chi connectivity index (χ4n) is 2.00. The van der Waals surface area contributed by atoms with Crippen molar-refractivity contribution in [2.75, 3.05) is 6.54 Å². The van der Waals surface area contributed by atoms with Gasteiger partial charge >= 0.3 is 0 Å². The predicted octanol–water partition coefficient (Wildman–Crippen LogP) is 2.99. The Morgan fingerprint density at radius 3 is 2.62 bits per heavy atom. The van der Waals surface area contributed by atoms with Crippen LogP contribution in [0.4, 0.5) is 4.39 Å². The molecular formula is C17H18FNO2. The highest BCUT2D eigenvalue weighted by Crippen LogP contribution is 2.15. The van der Waals surface area contributed by atoms with Gasteiger partial charge in [0.25, 0.3) is 5.91 Å². The van der Waals surface area contributed by atoms with E-state index in [-0.39, 0.29) is 11.5 Å². The Kier molecular flexibility index (Phi) is 5.06. The van der Waals surface area contributed by atoms with E-state index >= 15 is 0 Å². The fourth-order valence-corrected chi connectivity index (χ4v) is 2.00. The molecule has 2 aromatic carbocycles. The summed E-state index contributed by atoms with van der Waals surface area (Å²) in [5.41, 5.74) is 1.60. The molecule has 0 saturated heterocycles. The Morgan fingerprint density at radius 2 is 1.95 bits per heavy atom. The molecule has 0 aliphatic rings. The lowest BCUT2D eigenvalue weighted by Gasteiger charge is -2.11. The van der Waals surface area contributed by atoms with Crippen molar-refractivity contribution in [3.8, 4) is 0 Å². The van der Waals surface area contributed by atoms with Gasteiger partial charge in [-0.2, -0.15) is 0 Å². The number of aliphatic hydroxyl groups is 1. The van der Waals surface area contributed by atoms with E-state index in [9.17, 15) is 14.3 Å². The van der Waals surface area contributed by atoms with E-state index < -0.39 is 11.9 Å². The summed E-state index contributed by atoms with van der Waals surface area (Å²) in [6.45, 7) is 1.97. The normalized spacial score (nSPS) is 12.0. The van der Waals surface area contributed by atoms with Gasteiger partial charge in [-0.1, -0.05) is 36.4 Å². The standard InChI is InChI=1S/C17H18FNO2/c1-12-7-8-14(11-15(12)18)17(21)19-10-9-16(20)13-5-3-2-4-6-13/h2-8,11,16,20H,9-10H2,1H3,(H,19,21). The van der Waals surface area contributed by atoms with Crippen molar-refractivity contribution in [3.63, 3.8) is 0 Å². The molecule has 0 fully saturated rings. The van der Waals surface area contributed by atoms with E-state index in [1.54, 1.807) is 19.1 Å². The zero-order valence-electron chi connectivity index (χ0n) is 11.8. The number of rotatable bonds is 5. The van der Waals surface area contributed by atoms with Crippen LogP contribution >= 0.6 is 0 Å². The van der Waals surface area contributed by atoms with Crippen molar-refractivity contribution in [3.05, 3.63) is 71.0 Å². The fraction of sp³-hybridized carbons (Fsp3) is 0.235. The predicted molar refractivity (Wildman–Crippen MR) is 79.5 cm³/mol. The molecule has 0 saturated carbocycles. The van der Waals surface area contributed by atoms with Gasteiger partial charge in [-0.3, -0.25) is 4.79 Å². The summed E-state index contributed by atoms with van der Waals surface area (Å²) in [7, 11) is 0. The quantitative estimate of drug-likeness (QED) is 0.888. The van der Waals surface area contributed by atoms with Gasteiger partial charge in [0.1, 0.15) is 5.82 Å². The van der Waals surface area contributed by atoms with E-state index in [0.717, 1.165) is 5.56 Å². The molecule has 2 rings (SSSR count). The highest BCUT2D eigenvalue weighted by atomic mass is 19.1. The van der Waals surface area contributed by atoms with E-state index in [4.69, 9.17) is 0 Å². The Hall–Kier alpha value is -2.20. The Labute approximate surface area is 123 Å². The summed E-state index contributed by atoms with van der Waals surface area (Å²) >= 11 is 0. The van der Waals surface area contributed by atoms with Crippen LogP contribution in [0, 0.1) is 12.7 Å². The molecule has 0 bridgehead atoms. The minimum absolute atomic E-state index is 0.285. The van der Waals surface area contributed by atoms with Crippen molar-refractivity contribution in [1.82, 2.24) is 5.32 Å². The van der Waals surface area contributed by atoms with Crippen LogP contribution in [0.5, 0.6) is 0 Å². The van der Waals surface area contributed by atoms with E-state index in [1.807, 2.05) is 30.3 Å². The molecule has 0 spiro atoms. The lowest BCUT2D eigenvalue weighted by molar-refractivity contribution is 0.0942. The maximum atomic E-state index is 13.4. The molecule has 2 aromatic rings. The molecule has 3 nitrogen and oxygen atoms in total. The largest absolute Gasteiger partial charge is 0.388 e. The molecule has 0 aromatic heterocycles. The lowest BCUT2D eigenvalue weighted by atomic mass is 10.1. The third kappa shape index (κ3) is 4.13. The zero-order valence-corrected chi connectivity index (χ0v) is 11.8. The summed E-state index contributed by atoms with van der Waals surface area (Å²) < 4.78 is 13.4. The molecule has 0 heterocycles. The number of hydrogen-bond donors (Lipinski definition) is 2. The maximum absolute atomic E-state index is 13.4. The number of carbonyl (C=O) groups is 1. The first-order valence-corrected chi connectivity index (χ1v) is 6.85. The molecular weight excluding hydrogens is 269 g/mol. The molecule has 0 aliphatic carbocycles. The highest BCUT2D eigenvalue weighted by Gasteiger charge is 2.10. The molecule has 1 atom stereocenters. The SMILES string of the molecule is Cc1ccc(C(=O)NCCC(O)c2ccccc2)cc1F. The van der Waals surface area contributed by atoms with Crippen molar-refractivity contribution in [2.24, 2.45) is 0 Å². The summed E-state index contributed by atoms with van der Waals surface area (Å²) in [6.07, 6.45) is -0.217. The van der Waals surface area contributed by atoms with Crippen LogP contribution in [-0.4, -0.2) is 17.6 Å². The zero-order chi connectivity index (χ0) is 15.2. The maximum Gasteiger partial charge on any atom is 0.251 e. The second-order valence-electron chi connectivity index (χ2n) is 4.94. The number of benzene rings is 2. The first-order valence-electron chi connectivity index (χ1n) is 6.85. The second kappa shape index (κ2) is 6.99. The van der Waals surface area contributed by atoms with Gasteiger partial charge in [0.15, 0.2) is 0 Å². The van der Waals surface area contributed by atoms with Crippen molar-refractivity contribution < 1.29 is 14.3 Å². The average Bonchev–Trinajstić information content (AvgIpc) is 2.50. The van der Waals surface area contributed by atoms with Gasteiger partial charge in [0.2, 0.25) is 0 Å². The topological polar surface area (TPSA) is 49.3 Å². The first-order chi connectivity index (χ1) is 10.1. The first kappa shape index (κ1) is 15.2. The summed E-state index contributed by atoms with van der Waals surface area (Å²) in [6, 6.07) is 13.6. The molecule has 0 aliphatic heterocycles. The number of nitrogens with one attached hydrogen (secondary N) is 1. The van der Waals surface area contributed by atoms with E-state index in [0.29, 0.717) is 18.5 Å². The van der Waals surface area contributed by atoms with Crippen LogP contribution in [0.15, 0.2) is 48.5 Å². The van der Waals surface area contributed by atoms with Crippen molar-refractivity contribution in [2.45, 2.75) is 19.4 Å². The van der Waals surface area contributed by atoms with Gasteiger partial charge in [-0.25, -0.2) is 4.39 Å². The summed E-state index contributed by atoms with van der Waals surface area (Å²) in [5.74, 6) is -0.735. The number of amides is 1. The third-order valence-electron chi connectivity index (χ3n) is 3.32. The van der Waals surface area contributed by atoms with Crippen LogP contribution < -0.4 is 5.32 Å². The Bertz CT molecular complexity index is 613. The molecule has 0 radical (unpaired) electrons. The number of halogens is 1. The second-order valence-corrected chi connectivity index (χ2v) is 4.94. The number of aryl methyl sites for hydroxylation is 1. The molecule has 4 heteroatoms. The van der Waals surface area contributed by atoms with Gasteiger partial charge in [-0.15, -0.1) is 0 Å². The molecule has 21 heavy (non-hydrogen) atoms. The molecule has 110 valence electrons. The summed E-state index contributed by atoms with van der Waals surface area (Å²) in [5, 5.41) is 12.7. The Balaban J connectivity index is 1.85. The van der Waals surface area contributed by atoms with Gasteiger partial charge in [0, 0.05) is 12.1 Å². The van der Waals surface area contributed by atoms with Crippen LogP contribution in [0.3, 0.4) is 0 Å². The van der Waals surface area contributed by atoms with Gasteiger partial charge in [-0.05, 0) is 36.6 Å². The van der Waals surface area contributed by atoms with Crippen LogP contribution in [-0.2, 0) is 0 Å². The number of aliphatic hydroxyl groups excluding tert-OH is 1. The average molecular weight is 287 g/mol. The minimum atomic E-state index is -0.624. The minimum Gasteiger partial charge on any atom is -0.388 e. The lowest BCUT2D eigenvalue weighted by Crippen LogP contribution is -2.25. The number of carbonyl (C=O) groups excluding carboxylic acids is 1. The monoisotopic (exact) mass is 287 g/mol. The molecule has 1 unspecified atom stereocenters. The van der Waals surface area contributed by atoms with Gasteiger partial charge in [0.05, 0.1) is 6.10 Å². The smallest absolute Gasteiger partial charge is 0.251 e. The summed E-state index contributed by atoms with van der Waals surface area (Å²) in [4.78, 5) is 11.9. The third-order valence-corrected chi connectivity index (χ3v) is 3.32. The molecule has 2 N–H and O–H groups in total. The van der Waals surface area contributed by atoms with Crippen LogP contribution in [0.2, 0.25) is 0 Å². The number of hydrogen-bond acceptors (Lipinski definition) is 2.